The van der Waals surface area contributed by atoms with E-state index in [0.29, 0.717) is 25.0 Å². The number of halogens is 5. The molecule has 2 aliphatic rings. The number of benzene rings is 1. The SMILES string of the molecule is Fc1cc(OC(F)(F)C2CCC(C3CCCCO3)CC2)cc(F)c1F. The van der Waals surface area contributed by atoms with E-state index in [0.717, 1.165) is 25.9 Å². The van der Waals surface area contributed by atoms with Crippen molar-refractivity contribution in [2.24, 2.45) is 11.8 Å². The highest BCUT2D eigenvalue weighted by atomic mass is 19.3. The fourth-order valence-corrected chi connectivity index (χ4v) is 3.80. The molecule has 0 radical (unpaired) electrons. The van der Waals surface area contributed by atoms with E-state index in [-0.39, 0.29) is 24.9 Å². The summed E-state index contributed by atoms with van der Waals surface area (Å²) in [6, 6.07) is 0.877. The Morgan fingerprint density at radius 3 is 2.12 bits per heavy atom. The highest BCUT2D eigenvalue weighted by Gasteiger charge is 2.45. The maximum Gasteiger partial charge on any atom is 0.400 e. The Morgan fingerprint density at radius 2 is 1.56 bits per heavy atom. The zero-order chi connectivity index (χ0) is 18.0. The molecule has 3 rings (SSSR count). The van der Waals surface area contributed by atoms with Crippen LogP contribution in [-0.2, 0) is 4.74 Å². The minimum absolute atomic E-state index is 0.143. The van der Waals surface area contributed by atoms with Crippen LogP contribution in [0.4, 0.5) is 22.0 Å². The van der Waals surface area contributed by atoms with Gasteiger partial charge in [0, 0.05) is 18.7 Å². The van der Waals surface area contributed by atoms with Crippen molar-refractivity contribution in [2.75, 3.05) is 6.61 Å². The van der Waals surface area contributed by atoms with Crippen LogP contribution in [0.2, 0.25) is 0 Å². The fourth-order valence-electron chi connectivity index (χ4n) is 3.80. The second-order valence-electron chi connectivity index (χ2n) is 6.88. The molecule has 1 aliphatic heterocycles. The zero-order valence-electron chi connectivity index (χ0n) is 13.7. The topological polar surface area (TPSA) is 18.5 Å². The van der Waals surface area contributed by atoms with Crippen molar-refractivity contribution >= 4 is 0 Å². The molecule has 1 heterocycles. The summed E-state index contributed by atoms with van der Waals surface area (Å²) in [4.78, 5) is 0. The smallest absolute Gasteiger partial charge is 0.400 e. The largest absolute Gasteiger partial charge is 0.432 e. The van der Waals surface area contributed by atoms with Crippen LogP contribution in [0.15, 0.2) is 12.1 Å². The number of ether oxygens (including phenoxy) is 2. The predicted molar refractivity (Wildman–Crippen MR) is 80.9 cm³/mol. The zero-order valence-corrected chi connectivity index (χ0v) is 13.7. The highest BCUT2D eigenvalue weighted by Crippen LogP contribution is 2.42. The molecule has 1 atom stereocenters. The second kappa shape index (κ2) is 7.48. The van der Waals surface area contributed by atoms with Crippen LogP contribution in [0, 0.1) is 29.3 Å². The van der Waals surface area contributed by atoms with Crippen molar-refractivity contribution in [3.8, 4) is 5.75 Å². The Morgan fingerprint density at radius 1 is 0.920 bits per heavy atom. The maximum atomic E-state index is 14.3. The van der Waals surface area contributed by atoms with Crippen molar-refractivity contribution in [3.05, 3.63) is 29.6 Å². The van der Waals surface area contributed by atoms with Crippen molar-refractivity contribution in [1.82, 2.24) is 0 Å². The average Bonchev–Trinajstić information content (AvgIpc) is 2.60. The van der Waals surface area contributed by atoms with Crippen LogP contribution in [0.3, 0.4) is 0 Å². The van der Waals surface area contributed by atoms with Crippen LogP contribution in [-0.4, -0.2) is 18.8 Å². The second-order valence-corrected chi connectivity index (χ2v) is 6.88. The summed E-state index contributed by atoms with van der Waals surface area (Å²) in [6.07, 6.45) is 1.43. The Balaban J connectivity index is 1.59. The van der Waals surface area contributed by atoms with E-state index < -0.39 is 35.2 Å². The lowest BCUT2D eigenvalue weighted by atomic mass is 9.77. The normalized spacial score (nSPS) is 28.0. The molecule has 25 heavy (non-hydrogen) atoms. The lowest BCUT2D eigenvalue weighted by Gasteiger charge is -2.37. The molecule has 1 aliphatic carbocycles. The molecule has 0 aromatic heterocycles. The Labute approximate surface area is 143 Å². The molecule has 140 valence electrons. The van der Waals surface area contributed by atoms with Gasteiger partial charge in [-0.05, 0) is 50.9 Å². The molecular weight excluding hydrogens is 343 g/mol. The number of hydrogen-bond donors (Lipinski definition) is 0. The summed E-state index contributed by atoms with van der Waals surface area (Å²) in [5, 5.41) is 0. The summed E-state index contributed by atoms with van der Waals surface area (Å²) < 4.78 is 78.2. The van der Waals surface area contributed by atoms with E-state index in [1.807, 2.05) is 0 Å². The predicted octanol–water partition coefficient (Wildman–Crippen LogP) is 5.45. The summed E-state index contributed by atoms with van der Waals surface area (Å²) >= 11 is 0. The van der Waals surface area contributed by atoms with E-state index in [9.17, 15) is 22.0 Å². The van der Waals surface area contributed by atoms with Crippen LogP contribution >= 0.6 is 0 Å². The quantitative estimate of drug-likeness (QED) is 0.522. The summed E-state index contributed by atoms with van der Waals surface area (Å²) in [7, 11) is 0. The molecule has 1 unspecified atom stereocenters. The minimum Gasteiger partial charge on any atom is -0.432 e. The molecule has 2 nitrogen and oxygen atoms in total. The van der Waals surface area contributed by atoms with Gasteiger partial charge in [-0.25, -0.2) is 13.2 Å². The van der Waals surface area contributed by atoms with Gasteiger partial charge in [-0.2, -0.15) is 8.78 Å². The van der Waals surface area contributed by atoms with Gasteiger partial charge in [0.25, 0.3) is 0 Å². The summed E-state index contributed by atoms with van der Waals surface area (Å²) in [6.45, 7) is 0.728. The van der Waals surface area contributed by atoms with Crippen LogP contribution in [0.5, 0.6) is 5.75 Å². The highest BCUT2D eigenvalue weighted by molar-refractivity contribution is 5.25. The third-order valence-corrected chi connectivity index (χ3v) is 5.20. The maximum absolute atomic E-state index is 14.3. The first-order valence-corrected chi connectivity index (χ1v) is 8.70. The van der Waals surface area contributed by atoms with Crippen LogP contribution in [0.1, 0.15) is 44.9 Å². The number of alkyl halides is 2. The molecule has 0 amide bonds. The van der Waals surface area contributed by atoms with Crippen molar-refractivity contribution < 1.29 is 31.4 Å². The fraction of sp³-hybridized carbons (Fsp3) is 0.667. The summed E-state index contributed by atoms with van der Waals surface area (Å²) in [5.74, 6) is -6.28. The van der Waals surface area contributed by atoms with Crippen molar-refractivity contribution in [2.45, 2.75) is 57.2 Å². The van der Waals surface area contributed by atoms with Gasteiger partial charge in [0.1, 0.15) is 5.75 Å². The van der Waals surface area contributed by atoms with E-state index in [4.69, 9.17) is 4.74 Å². The Kier molecular flexibility index (Phi) is 5.51. The van der Waals surface area contributed by atoms with E-state index in [1.165, 1.54) is 0 Å². The molecular formula is C18H21F5O2. The first kappa shape index (κ1) is 18.4. The molecule has 2 fully saturated rings. The number of rotatable bonds is 4. The molecule has 1 aromatic carbocycles. The molecule has 1 saturated heterocycles. The first-order valence-electron chi connectivity index (χ1n) is 8.70. The van der Waals surface area contributed by atoms with Gasteiger partial charge in [-0.3, -0.25) is 0 Å². The first-order chi connectivity index (χ1) is 11.9. The van der Waals surface area contributed by atoms with Crippen LogP contribution in [0.25, 0.3) is 0 Å². The number of hydrogen-bond acceptors (Lipinski definition) is 2. The average molecular weight is 364 g/mol. The van der Waals surface area contributed by atoms with Crippen molar-refractivity contribution in [3.63, 3.8) is 0 Å². The Bertz CT molecular complexity index is 570. The van der Waals surface area contributed by atoms with Crippen molar-refractivity contribution in [1.29, 1.82) is 0 Å². The minimum atomic E-state index is -3.56. The van der Waals surface area contributed by atoms with E-state index >= 15 is 0 Å². The van der Waals surface area contributed by atoms with Crippen LogP contribution < -0.4 is 4.74 Å². The summed E-state index contributed by atoms with van der Waals surface area (Å²) in [5.41, 5.74) is 0. The van der Waals surface area contributed by atoms with Gasteiger partial charge >= 0.3 is 6.11 Å². The molecule has 1 aromatic rings. The molecule has 1 saturated carbocycles. The van der Waals surface area contributed by atoms with Gasteiger partial charge in [0.15, 0.2) is 17.5 Å². The molecule has 7 heteroatoms. The third-order valence-electron chi connectivity index (χ3n) is 5.20. The van der Waals surface area contributed by atoms with Gasteiger partial charge in [0.2, 0.25) is 0 Å². The van der Waals surface area contributed by atoms with E-state index in [2.05, 4.69) is 4.74 Å². The van der Waals surface area contributed by atoms with E-state index in [1.54, 1.807) is 0 Å². The lowest BCUT2D eigenvalue weighted by Crippen LogP contribution is -2.39. The molecule has 0 bridgehead atoms. The van der Waals surface area contributed by atoms with Gasteiger partial charge in [-0.15, -0.1) is 0 Å². The molecule has 0 N–H and O–H groups in total. The lowest BCUT2D eigenvalue weighted by molar-refractivity contribution is -0.225. The van der Waals surface area contributed by atoms with Gasteiger partial charge < -0.3 is 9.47 Å². The Hall–Kier alpha value is -1.37. The van der Waals surface area contributed by atoms with Gasteiger partial charge in [-0.1, -0.05) is 0 Å². The standard InChI is InChI=1S/C18H21F5O2/c19-14-9-13(10-15(20)17(14)21)25-18(22,23)12-6-4-11(5-7-12)16-3-1-2-8-24-16/h9-12,16H,1-8H2. The molecule has 0 spiro atoms. The monoisotopic (exact) mass is 364 g/mol. The third kappa shape index (κ3) is 4.25. The van der Waals surface area contributed by atoms with Gasteiger partial charge in [0.05, 0.1) is 12.0 Å².